The Kier molecular flexibility index (Phi) is 9.15. The second-order valence-electron chi connectivity index (χ2n) is 16.0. The fourth-order valence-corrected chi connectivity index (χ4v) is 9.09. The van der Waals surface area contributed by atoms with Gasteiger partial charge in [-0.25, -0.2) is 4.98 Å². The molecule has 296 valence electrons. The predicted octanol–water partition coefficient (Wildman–Crippen LogP) is 13.0. The van der Waals surface area contributed by atoms with Crippen LogP contribution in [0, 0.1) is 18.8 Å². The molecule has 0 bridgehead atoms. The Morgan fingerprint density at radius 3 is 2.20 bits per heavy atom. The Morgan fingerprint density at radius 2 is 1.37 bits per heavy atom. The number of benzene rings is 7. The van der Waals surface area contributed by atoms with Crippen LogP contribution < -0.4 is 19.4 Å². The van der Waals surface area contributed by atoms with Gasteiger partial charge in [0.25, 0.3) is 0 Å². The maximum atomic E-state index is 6.63. The van der Waals surface area contributed by atoms with Gasteiger partial charge in [0.1, 0.15) is 5.82 Å². The van der Waals surface area contributed by atoms with Crippen LogP contribution in [-0.2, 0) is 26.5 Å². The monoisotopic (exact) mass is 957 g/mol. The molecule has 2 aliphatic rings. The Morgan fingerprint density at radius 1 is 0.633 bits per heavy atom. The third-order valence-corrected chi connectivity index (χ3v) is 11.9. The number of rotatable bonds is 7. The molecular formula is C53H40N5OPt-3. The van der Waals surface area contributed by atoms with E-state index in [1.54, 1.807) is 0 Å². The van der Waals surface area contributed by atoms with Crippen LogP contribution in [0.4, 0.5) is 28.4 Å². The van der Waals surface area contributed by atoms with Crippen molar-refractivity contribution in [3.63, 3.8) is 0 Å². The molecule has 0 spiro atoms. The van der Waals surface area contributed by atoms with E-state index < -0.39 is 0 Å². The molecule has 0 fully saturated rings. The third kappa shape index (κ3) is 5.92. The number of pyridine rings is 1. The van der Waals surface area contributed by atoms with E-state index in [4.69, 9.17) is 9.72 Å². The molecule has 11 rings (SSSR count). The van der Waals surface area contributed by atoms with Crippen LogP contribution in [0.5, 0.6) is 11.5 Å². The summed E-state index contributed by atoms with van der Waals surface area (Å²) in [6.45, 7) is 6.89. The van der Waals surface area contributed by atoms with E-state index >= 15 is 0 Å². The molecule has 6 nitrogen and oxygen atoms in total. The molecule has 2 aromatic heterocycles. The minimum absolute atomic E-state index is 0. The van der Waals surface area contributed by atoms with Gasteiger partial charge in [0.05, 0.1) is 0 Å². The molecule has 0 saturated carbocycles. The van der Waals surface area contributed by atoms with Crippen LogP contribution in [0.3, 0.4) is 0 Å². The van der Waals surface area contributed by atoms with Gasteiger partial charge >= 0.3 is 0 Å². The summed E-state index contributed by atoms with van der Waals surface area (Å²) in [5.41, 5.74) is 14.7. The van der Waals surface area contributed by atoms with Crippen molar-refractivity contribution >= 4 is 50.2 Å². The topological polar surface area (TPSA) is 36.8 Å². The van der Waals surface area contributed by atoms with E-state index in [9.17, 15) is 0 Å². The number of fused-ring (bicyclic) bond motifs is 7. The van der Waals surface area contributed by atoms with E-state index in [2.05, 4.69) is 185 Å². The van der Waals surface area contributed by atoms with E-state index in [1.807, 2.05) is 44.6 Å². The van der Waals surface area contributed by atoms with Crippen molar-refractivity contribution < 1.29 is 25.8 Å². The van der Waals surface area contributed by atoms with Crippen molar-refractivity contribution in [2.24, 2.45) is 0 Å². The van der Waals surface area contributed by atoms with Crippen LogP contribution in [0.15, 0.2) is 164 Å². The van der Waals surface area contributed by atoms with Crippen molar-refractivity contribution in [2.75, 3.05) is 28.8 Å². The standard InChI is InChI=1S/C53H40N5O.Pt/c1-53(2)44-21-10-8-20-43(44)51-45(53)28-27-40(35-15-6-5-7-16-35)52(51)57-34-56(47-23-12-13-24-48(47)57)37-17-14-18-38(31-37)59-39-25-26-42-41-19-9-11-22-46(41)58(49(42)33-39)50-32-36(55(3)4)29-30-54-50;/h5-30,32,34H,1-4H3;/q-3;. The van der Waals surface area contributed by atoms with E-state index in [0.29, 0.717) is 11.5 Å². The first-order chi connectivity index (χ1) is 28.8. The Hall–Kier alpha value is -6.62. The van der Waals surface area contributed by atoms with Crippen LogP contribution in [-0.4, -0.2) is 23.6 Å². The number of para-hydroxylation sites is 3. The van der Waals surface area contributed by atoms with Gasteiger partial charge in [0.2, 0.25) is 0 Å². The first-order valence-electron chi connectivity index (χ1n) is 20.0. The van der Waals surface area contributed by atoms with Gasteiger partial charge < -0.3 is 24.0 Å². The Labute approximate surface area is 365 Å². The molecule has 3 heterocycles. The molecule has 60 heavy (non-hydrogen) atoms. The zero-order valence-electron chi connectivity index (χ0n) is 33.6. The van der Waals surface area contributed by atoms with E-state index in [1.165, 1.54) is 33.4 Å². The number of ether oxygens (including phenoxy) is 1. The maximum absolute atomic E-state index is 6.63. The van der Waals surface area contributed by atoms with Crippen LogP contribution in [0.25, 0.3) is 49.9 Å². The SMILES string of the molecule is CN(C)c1ccnc(-n2c3[c-]c(Oc4[c-]c(N5[CH-]N(c6c(-c7ccccc7)ccc7c6-c6ccccc6C7(C)C)c6ccccc65)ccc4)ccc3c3ccccc32)c1.[Pt]. The molecule has 9 aromatic rings. The van der Waals surface area contributed by atoms with Gasteiger partial charge in [-0.15, -0.1) is 48.1 Å². The zero-order valence-corrected chi connectivity index (χ0v) is 35.9. The first-order valence-corrected chi connectivity index (χ1v) is 20.0. The summed E-state index contributed by atoms with van der Waals surface area (Å²) in [5.74, 6) is 2.02. The second-order valence-corrected chi connectivity index (χ2v) is 16.0. The van der Waals surface area contributed by atoms with Crippen LogP contribution in [0.1, 0.15) is 25.0 Å². The summed E-state index contributed by atoms with van der Waals surface area (Å²) >= 11 is 0. The van der Waals surface area contributed by atoms with Crippen molar-refractivity contribution in [3.8, 4) is 39.6 Å². The Bertz CT molecular complexity index is 3100. The van der Waals surface area contributed by atoms with Crippen molar-refractivity contribution in [1.29, 1.82) is 0 Å². The van der Waals surface area contributed by atoms with Crippen molar-refractivity contribution in [3.05, 3.63) is 194 Å². The number of nitrogens with zero attached hydrogens (tertiary/aromatic N) is 5. The molecule has 7 aromatic carbocycles. The van der Waals surface area contributed by atoms with Gasteiger partial charge in [-0.05, 0) is 51.9 Å². The molecule has 0 saturated heterocycles. The smallest absolute Gasteiger partial charge is 0.137 e. The molecule has 7 heteroatoms. The third-order valence-electron chi connectivity index (χ3n) is 11.9. The van der Waals surface area contributed by atoms with E-state index in [0.717, 1.165) is 56.1 Å². The number of anilines is 5. The van der Waals surface area contributed by atoms with Crippen LogP contribution >= 0.6 is 0 Å². The van der Waals surface area contributed by atoms with Gasteiger partial charge in [-0.3, -0.25) is 0 Å². The molecular weight excluding hydrogens is 918 g/mol. The quantitative estimate of drug-likeness (QED) is 0.149. The van der Waals surface area contributed by atoms with Gasteiger partial charge in [-0.1, -0.05) is 116 Å². The van der Waals surface area contributed by atoms with Crippen molar-refractivity contribution in [1.82, 2.24) is 9.55 Å². The average molecular weight is 958 g/mol. The van der Waals surface area contributed by atoms with Crippen molar-refractivity contribution in [2.45, 2.75) is 19.3 Å². The maximum Gasteiger partial charge on any atom is 0.137 e. The van der Waals surface area contributed by atoms with Gasteiger partial charge in [0.15, 0.2) is 0 Å². The molecule has 0 atom stereocenters. The zero-order chi connectivity index (χ0) is 39.8. The first kappa shape index (κ1) is 37.6. The van der Waals surface area contributed by atoms with Crippen LogP contribution in [0.2, 0.25) is 0 Å². The summed E-state index contributed by atoms with van der Waals surface area (Å²) in [4.78, 5) is 11.5. The fraction of sp³-hybridized carbons (Fsp3) is 0.0943. The summed E-state index contributed by atoms with van der Waals surface area (Å²) in [5, 5.41) is 2.22. The summed E-state index contributed by atoms with van der Waals surface area (Å²) in [7, 11) is 4.08. The molecule has 0 radical (unpaired) electrons. The molecule has 0 amide bonds. The summed E-state index contributed by atoms with van der Waals surface area (Å²) in [6, 6.07) is 62.8. The number of hydrogen-bond donors (Lipinski definition) is 0. The summed E-state index contributed by atoms with van der Waals surface area (Å²) in [6.07, 6.45) is 1.86. The largest absolute Gasteiger partial charge is 0.509 e. The van der Waals surface area contributed by atoms with Gasteiger partial charge in [0, 0.05) is 104 Å². The average Bonchev–Trinajstić information content (AvgIpc) is 3.89. The molecule has 0 unspecified atom stereocenters. The Balaban J connectivity index is 0.00000433. The number of aromatic nitrogens is 2. The van der Waals surface area contributed by atoms with Gasteiger partial charge in [-0.2, -0.15) is 12.1 Å². The molecule has 1 aliphatic heterocycles. The summed E-state index contributed by atoms with van der Waals surface area (Å²) < 4.78 is 8.79. The fourth-order valence-electron chi connectivity index (χ4n) is 9.09. The normalized spacial score (nSPS) is 13.5. The minimum Gasteiger partial charge on any atom is -0.509 e. The molecule has 1 aliphatic carbocycles. The molecule has 0 N–H and O–H groups in total. The van der Waals surface area contributed by atoms with E-state index in [-0.39, 0.29) is 26.5 Å². The number of hydrogen-bond acceptors (Lipinski definition) is 5. The minimum atomic E-state index is -0.143. The second kappa shape index (κ2) is 14.6. The predicted molar refractivity (Wildman–Crippen MR) is 242 cm³/mol.